The maximum absolute atomic E-state index is 13.2. The number of nitriles is 1. The summed E-state index contributed by atoms with van der Waals surface area (Å²) in [6.07, 6.45) is 3.36. The highest BCUT2D eigenvalue weighted by atomic mass is 32.1. The van der Waals surface area contributed by atoms with Crippen molar-refractivity contribution in [3.63, 3.8) is 0 Å². The minimum Gasteiger partial charge on any atom is -0.338 e. The zero-order valence-electron chi connectivity index (χ0n) is 17.9. The lowest BCUT2D eigenvalue weighted by molar-refractivity contribution is -0.120. The van der Waals surface area contributed by atoms with Gasteiger partial charge in [-0.3, -0.25) is 9.59 Å². The highest BCUT2D eigenvalue weighted by Crippen LogP contribution is 2.35. The van der Waals surface area contributed by atoms with E-state index in [9.17, 15) is 14.9 Å². The smallest absolute Gasteiger partial charge is 0.264 e. The molecule has 0 bridgehead atoms. The lowest BCUT2D eigenvalue weighted by atomic mass is 9.89. The number of piperidine rings is 1. The Kier molecular flexibility index (Phi) is 7.28. The van der Waals surface area contributed by atoms with E-state index >= 15 is 0 Å². The van der Waals surface area contributed by atoms with Crippen molar-refractivity contribution in [2.45, 2.75) is 52.4 Å². The maximum Gasteiger partial charge on any atom is 0.264 e. The number of rotatable bonds is 6. The summed E-state index contributed by atoms with van der Waals surface area (Å²) in [5.41, 5.74) is 2.40. The summed E-state index contributed by atoms with van der Waals surface area (Å²) in [4.78, 5) is 28.1. The van der Waals surface area contributed by atoms with Gasteiger partial charge >= 0.3 is 0 Å². The average Bonchev–Trinajstić information content (AvgIpc) is 3.09. The van der Waals surface area contributed by atoms with Crippen molar-refractivity contribution in [2.75, 3.05) is 18.4 Å². The molecule has 1 aromatic carbocycles. The summed E-state index contributed by atoms with van der Waals surface area (Å²) in [6.45, 7) is 7.16. The molecule has 1 aliphatic rings. The molecular formula is C24H29N3O2S. The number of carbonyl (C=O) groups is 2. The second-order valence-corrected chi connectivity index (χ2v) is 8.87. The van der Waals surface area contributed by atoms with Crippen LogP contribution in [-0.4, -0.2) is 29.8 Å². The van der Waals surface area contributed by atoms with Crippen LogP contribution in [0.4, 0.5) is 5.00 Å². The van der Waals surface area contributed by atoms with Gasteiger partial charge in [-0.2, -0.15) is 5.26 Å². The first-order valence-electron chi connectivity index (χ1n) is 10.7. The standard InChI is InChI=1S/C24H29N3O2S/c1-4-17(5-2)22(28)26-23-20(15-25)16(3)21(30-23)24(29)27-13-11-19(12-14-27)18-9-7-6-8-10-18/h6-10,17,19H,4-5,11-14H2,1-3H3,(H,26,28). The van der Waals surface area contributed by atoms with Gasteiger partial charge in [0, 0.05) is 19.0 Å². The molecule has 0 saturated carbocycles. The van der Waals surface area contributed by atoms with Gasteiger partial charge in [-0.05, 0) is 49.7 Å². The van der Waals surface area contributed by atoms with Gasteiger partial charge in [-0.25, -0.2) is 0 Å². The molecule has 0 spiro atoms. The average molecular weight is 424 g/mol. The molecule has 2 heterocycles. The lowest BCUT2D eigenvalue weighted by Crippen LogP contribution is -2.37. The second-order valence-electron chi connectivity index (χ2n) is 7.85. The van der Waals surface area contributed by atoms with Crippen LogP contribution in [0.15, 0.2) is 30.3 Å². The zero-order chi connectivity index (χ0) is 21.7. The van der Waals surface area contributed by atoms with E-state index in [2.05, 4.69) is 35.7 Å². The van der Waals surface area contributed by atoms with E-state index in [4.69, 9.17) is 0 Å². The number of hydrogen-bond donors (Lipinski definition) is 1. The molecule has 1 aliphatic heterocycles. The monoisotopic (exact) mass is 423 g/mol. The Balaban J connectivity index is 1.73. The quantitative estimate of drug-likeness (QED) is 0.683. The molecule has 0 atom stereocenters. The van der Waals surface area contributed by atoms with Crippen molar-refractivity contribution >= 4 is 28.2 Å². The molecule has 6 heteroatoms. The van der Waals surface area contributed by atoms with Gasteiger partial charge in [0.1, 0.15) is 11.1 Å². The highest BCUT2D eigenvalue weighted by molar-refractivity contribution is 7.18. The SMILES string of the molecule is CCC(CC)C(=O)Nc1sc(C(=O)N2CCC(c3ccccc3)CC2)c(C)c1C#N. The number of nitrogens with zero attached hydrogens (tertiary/aromatic N) is 2. The van der Waals surface area contributed by atoms with Gasteiger partial charge in [0.05, 0.1) is 10.4 Å². The van der Waals surface area contributed by atoms with E-state index in [0.29, 0.717) is 40.0 Å². The lowest BCUT2D eigenvalue weighted by Gasteiger charge is -2.32. The molecule has 1 saturated heterocycles. The van der Waals surface area contributed by atoms with Gasteiger partial charge in [0.2, 0.25) is 5.91 Å². The highest BCUT2D eigenvalue weighted by Gasteiger charge is 2.29. The molecule has 3 rings (SSSR count). The summed E-state index contributed by atoms with van der Waals surface area (Å²) in [6, 6.07) is 12.6. The molecule has 30 heavy (non-hydrogen) atoms. The molecular weight excluding hydrogens is 394 g/mol. The van der Waals surface area contributed by atoms with E-state index in [1.165, 1.54) is 16.9 Å². The number of thiophene rings is 1. The second kappa shape index (κ2) is 9.90. The Bertz CT molecular complexity index is 933. The number of hydrogen-bond acceptors (Lipinski definition) is 4. The van der Waals surface area contributed by atoms with Crippen LogP contribution < -0.4 is 5.32 Å². The molecule has 158 valence electrons. The van der Waals surface area contributed by atoms with Crippen molar-refractivity contribution < 1.29 is 9.59 Å². The third kappa shape index (κ3) is 4.57. The van der Waals surface area contributed by atoms with Crippen molar-refractivity contribution in [1.29, 1.82) is 5.26 Å². The first kappa shape index (κ1) is 22.0. The Hall–Kier alpha value is -2.65. The first-order valence-corrected chi connectivity index (χ1v) is 11.5. The van der Waals surface area contributed by atoms with Gasteiger partial charge in [-0.15, -0.1) is 11.3 Å². The molecule has 0 radical (unpaired) electrons. The maximum atomic E-state index is 13.2. The summed E-state index contributed by atoms with van der Waals surface area (Å²) >= 11 is 1.23. The fourth-order valence-electron chi connectivity index (χ4n) is 4.10. The Morgan fingerprint density at radius 1 is 1.20 bits per heavy atom. The third-order valence-corrected chi connectivity index (χ3v) is 7.29. The first-order chi connectivity index (χ1) is 14.5. The zero-order valence-corrected chi connectivity index (χ0v) is 18.7. The van der Waals surface area contributed by atoms with Gasteiger partial charge in [0.25, 0.3) is 5.91 Å². The van der Waals surface area contributed by atoms with Gasteiger partial charge in [-0.1, -0.05) is 44.2 Å². The van der Waals surface area contributed by atoms with Crippen LogP contribution in [0.3, 0.4) is 0 Å². The molecule has 2 amide bonds. The number of carbonyl (C=O) groups excluding carboxylic acids is 2. The summed E-state index contributed by atoms with van der Waals surface area (Å²) in [5.74, 6) is 0.267. The van der Waals surface area contributed by atoms with Gasteiger partial charge < -0.3 is 10.2 Å². The third-order valence-electron chi connectivity index (χ3n) is 6.10. The minimum absolute atomic E-state index is 0.0384. The number of benzene rings is 1. The topological polar surface area (TPSA) is 73.2 Å². The van der Waals surface area contributed by atoms with E-state index in [1.54, 1.807) is 6.92 Å². The van der Waals surface area contributed by atoms with Crippen LogP contribution in [0.2, 0.25) is 0 Å². The van der Waals surface area contributed by atoms with E-state index in [0.717, 1.165) is 25.7 Å². The van der Waals surface area contributed by atoms with Crippen molar-refractivity contribution in [2.24, 2.45) is 5.92 Å². The fourth-order valence-corrected chi connectivity index (χ4v) is 5.23. The van der Waals surface area contributed by atoms with Gasteiger partial charge in [0.15, 0.2) is 0 Å². The Labute approximate surface area is 182 Å². The van der Waals surface area contributed by atoms with Crippen LogP contribution >= 0.6 is 11.3 Å². The minimum atomic E-state index is -0.0879. The molecule has 0 unspecified atom stereocenters. The number of nitrogens with one attached hydrogen (secondary N) is 1. The van der Waals surface area contributed by atoms with Crippen LogP contribution in [0.25, 0.3) is 0 Å². The van der Waals surface area contributed by atoms with Crippen molar-refractivity contribution in [1.82, 2.24) is 4.90 Å². The number of anilines is 1. The van der Waals surface area contributed by atoms with Crippen LogP contribution in [-0.2, 0) is 4.79 Å². The van der Waals surface area contributed by atoms with Crippen molar-refractivity contribution in [3.05, 3.63) is 51.9 Å². The summed E-state index contributed by atoms with van der Waals surface area (Å²) < 4.78 is 0. The Morgan fingerprint density at radius 3 is 2.40 bits per heavy atom. The summed E-state index contributed by atoms with van der Waals surface area (Å²) in [5, 5.41) is 13.0. The van der Waals surface area contributed by atoms with Crippen LogP contribution in [0, 0.1) is 24.2 Å². The van der Waals surface area contributed by atoms with Crippen LogP contribution in [0.1, 0.15) is 71.8 Å². The number of amides is 2. The summed E-state index contributed by atoms with van der Waals surface area (Å²) in [7, 11) is 0. The molecule has 5 nitrogen and oxygen atoms in total. The number of likely N-dealkylation sites (tertiary alicyclic amines) is 1. The fraction of sp³-hybridized carbons (Fsp3) is 0.458. The predicted molar refractivity (Wildman–Crippen MR) is 121 cm³/mol. The molecule has 0 aliphatic carbocycles. The predicted octanol–water partition coefficient (Wildman–Crippen LogP) is 5.32. The van der Waals surface area contributed by atoms with Crippen molar-refractivity contribution in [3.8, 4) is 6.07 Å². The normalized spacial score (nSPS) is 14.6. The van der Waals surface area contributed by atoms with E-state index < -0.39 is 0 Å². The largest absolute Gasteiger partial charge is 0.338 e. The molecule has 1 N–H and O–H groups in total. The Morgan fingerprint density at radius 2 is 1.83 bits per heavy atom. The van der Waals surface area contributed by atoms with Crippen LogP contribution in [0.5, 0.6) is 0 Å². The van der Waals surface area contributed by atoms with E-state index in [-0.39, 0.29) is 17.7 Å². The molecule has 2 aromatic rings. The molecule has 1 aromatic heterocycles. The van der Waals surface area contributed by atoms with E-state index in [1.807, 2.05) is 24.8 Å². The molecule has 1 fully saturated rings.